The van der Waals surface area contributed by atoms with Crippen LogP contribution in [-0.4, -0.2) is 26.6 Å². The molecule has 128 valence electrons. The lowest BCUT2D eigenvalue weighted by Gasteiger charge is -2.03. The van der Waals surface area contributed by atoms with Crippen molar-refractivity contribution in [3.8, 4) is 11.3 Å². The van der Waals surface area contributed by atoms with E-state index in [-0.39, 0.29) is 17.5 Å². The fraction of sp³-hybridized carbons (Fsp3) is 0.125. The number of hydrogen-bond donors (Lipinski definition) is 2. The predicted octanol–water partition coefficient (Wildman–Crippen LogP) is 3.36. The highest BCUT2D eigenvalue weighted by molar-refractivity contribution is 7.99. The van der Waals surface area contributed by atoms with Crippen molar-refractivity contribution in [3.05, 3.63) is 47.2 Å². The van der Waals surface area contributed by atoms with Crippen molar-refractivity contribution >= 4 is 40.0 Å². The molecule has 9 heteroatoms. The third-order valence-electron chi connectivity index (χ3n) is 3.08. The van der Waals surface area contributed by atoms with E-state index >= 15 is 0 Å². The highest BCUT2D eigenvalue weighted by Gasteiger charge is 2.10. The van der Waals surface area contributed by atoms with Crippen LogP contribution in [0, 0.1) is 12.7 Å². The van der Waals surface area contributed by atoms with Crippen molar-refractivity contribution in [1.82, 2.24) is 15.0 Å². The third kappa shape index (κ3) is 4.74. The lowest BCUT2D eigenvalue weighted by Crippen LogP contribution is -2.14. The van der Waals surface area contributed by atoms with Gasteiger partial charge in [0.15, 0.2) is 10.3 Å². The van der Waals surface area contributed by atoms with Gasteiger partial charge in [-0.15, -0.1) is 11.3 Å². The minimum absolute atomic E-state index is 0.147. The average molecular weight is 375 g/mol. The number of carbonyl (C=O) groups excluding carboxylic acids is 1. The number of thiazole rings is 1. The van der Waals surface area contributed by atoms with Crippen LogP contribution < -0.4 is 11.1 Å². The van der Waals surface area contributed by atoms with Crippen LogP contribution in [0.5, 0.6) is 0 Å². The minimum atomic E-state index is -0.302. The number of nitrogen functional groups attached to an aromatic ring is 1. The van der Waals surface area contributed by atoms with Gasteiger partial charge in [-0.2, -0.15) is 0 Å². The first-order valence-electron chi connectivity index (χ1n) is 7.25. The topological polar surface area (TPSA) is 93.8 Å². The van der Waals surface area contributed by atoms with E-state index < -0.39 is 0 Å². The standard InChI is InChI=1S/C16H14FN5OS2/c1-9-6-13(18)21-15(19-9)25-8-14(23)22-16-20-12(7-24-16)10-2-4-11(17)5-3-10/h2-7H,8H2,1H3,(H2,18,19,21)(H,20,22,23). The number of nitrogens with zero attached hydrogens (tertiary/aromatic N) is 3. The fourth-order valence-electron chi connectivity index (χ4n) is 2.00. The molecule has 2 heterocycles. The van der Waals surface area contributed by atoms with Gasteiger partial charge in [0.1, 0.15) is 11.6 Å². The number of thioether (sulfide) groups is 1. The van der Waals surface area contributed by atoms with E-state index in [2.05, 4.69) is 20.3 Å². The van der Waals surface area contributed by atoms with Crippen LogP contribution >= 0.6 is 23.1 Å². The molecule has 0 aliphatic heterocycles. The molecule has 6 nitrogen and oxygen atoms in total. The molecule has 0 spiro atoms. The fourth-order valence-corrected chi connectivity index (χ4v) is 3.45. The molecule has 0 saturated heterocycles. The van der Waals surface area contributed by atoms with Gasteiger partial charge < -0.3 is 11.1 Å². The summed E-state index contributed by atoms with van der Waals surface area (Å²) in [4.78, 5) is 24.7. The number of carbonyl (C=O) groups is 1. The number of hydrogen-bond acceptors (Lipinski definition) is 7. The van der Waals surface area contributed by atoms with Crippen molar-refractivity contribution in [2.45, 2.75) is 12.1 Å². The van der Waals surface area contributed by atoms with E-state index in [9.17, 15) is 9.18 Å². The van der Waals surface area contributed by atoms with Gasteiger partial charge in [-0.05, 0) is 31.2 Å². The number of aryl methyl sites for hydroxylation is 1. The molecule has 1 amide bonds. The number of halogens is 1. The summed E-state index contributed by atoms with van der Waals surface area (Å²) in [5.74, 6) is 0.00504. The second-order valence-corrected chi connectivity index (χ2v) is 6.90. The summed E-state index contributed by atoms with van der Waals surface area (Å²) in [5, 5.41) is 5.47. The van der Waals surface area contributed by atoms with Crippen molar-refractivity contribution in [2.24, 2.45) is 0 Å². The third-order valence-corrected chi connectivity index (χ3v) is 4.68. The first-order valence-corrected chi connectivity index (χ1v) is 9.11. The summed E-state index contributed by atoms with van der Waals surface area (Å²) < 4.78 is 13.0. The molecule has 1 aromatic carbocycles. The molecular weight excluding hydrogens is 361 g/mol. The Morgan fingerprint density at radius 3 is 2.76 bits per heavy atom. The van der Waals surface area contributed by atoms with E-state index in [0.29, 0.717) is 21.8 Å². The maximum atomic E-state index is 13.0. The Bertz CT molecular complexity index is 878. The number of nitrogens with one attached hydrogen (secondary N) is 1. The Morgan fingerprint density at radius 2 is 2.04 bits per heavy atom. The predicted molar refractivity (Wildman–Crippen MR) is 98.0 cm³/mol. The number of aromatic nitrogens is 3. The summed E-state index contributed by atoms with van der Waals surface area (Å²) >= 11 is 2.51. The molecule has 0 aliphatic carbocycles. The van der Waals surface area contributed by atoms with Gasteiger partial charge >= 0.3 is 0 Å². The molecule has 25 heavy (non-hydrogen) atoms. The zero-order chi connectivity index (χ0) is 17.8. The van der Waals surface area contributed by atoms with Gasteiger partial charge in [-0.25, -0.2) is 19.3 Å². The van der Waals surface area contributed by atoms with Crippen LogP contribution in [0.25, 0.3) is 11.3 Å². The smallest absolute Gasteiger partial charge is 0.236 e. The van der Waals surface area contributed by atoms with Crippen LogP contribution in [0.2, 0.25) is 0 Å². The van der Waals surface area contributed by atoms with Crippen LogP contribution in [0.15, 0.2) is 40.9 Å². The van der Waals surface area contributed by atoms with Crippen LogP contribution in [0.1, 0.15) is 5.69 Å². The highest BCUT2D eigenvalue weighted by atomic mass is 32.2. The Hall–Kier alpha value is -2.52. The maximum absolute atomic E-state index is 13.0. The Labute approximate surface area is 151 Å². The summed E-state index contributed by atoms with van der Waals surface area (Å²) in [6.07, 6.45) is 0. The number of rotatable bonds is 5. The van der Waals surface area contributed by atoms with Gasteiger partial charge in [0.25, 0.3) is 0 Å². The van der Waals surface area contributed by atoms with Crippen LogP contribution in [0.4, 0.5) is 15.3 Å². The lowest BCUT2D eigenvalue weighted by atomic mass is 10.2. The molecule has 0 atom stereocenters. The maximum Gasteiger partial charge on any atom is 0.236 e. The Balaban J connectivity index is 1.59. The molecule has 0 saturated carbocycles. The number of amides is 1. The first kappa shape index (κ1) is 17.3. The lowest BCUT2D eigenvalue weighted by molar-refractivity contribution is -0.113. The van der Waals surface area contributed by atoms with E-state index in [0.717, 1.165) is 11.3 Å². The van der Waals surface area contributed by atoms with E-state index in [1.807, 2.05) is 6.92 Å². The SMILES string of the molecule is Cc1cc(N)nc(SCC(=O)Nc2nc(-c3ccc(F)cc3)cs2)n1. The Kier molecular flexibility index (Phi) is 5.25. The molecule has 0 unspecified atom stereocenters. The summed E-state index contributed by atoms with van der Waals surface area (Å²) in [7, 11) is 0. The zero-order valence-electron chi connectivity index (χ0n) is 13.2. The second kappa shape index (κ2) is 7.58. The average Bonchev–Trinajstić information content (AvgIpc) is 3.01. The quantitative estimate of drug-likeness (QED) is 0.525. The molecule has 0 bridgehead atoms. The first-order chi connectivity index (χ1) is 12.0. The second-order valence-electron chi connectivity index (χ2n) is 5.10. The molecule has 3 N–H and O–H groups in total. The van der Waals surface area contributed by atoms with Gasteiger partial charge in [0.2, 0.25) is 5.91 Å². The summed E-state index contributed by atoms with van der Waals surface area (Å²) in [6.45, 7) is 1.81. The van der Waals surface area contributed by atoms with Crippen molar-refractivity contribution in [3.63, 3.8) is 0 Å². The number of nitrogens with two attached hydrogens (primary N) is 1. The van der Waals surface area contributed by atoms with E-state index in [1.165, 1.54) is 35.2 Å². The molecule has 0 aliphatic rings. The van der Waals surface area contributed by atoms with Gasteiger partial charge in [0, 0.05) is 22.7 Å². The molecule has 0 fully saturated rings. The number of benzene rings is 1. The van der Waals surface area contributed by atoms with Crippen molar-refractivity contribution < 1.29 is 9.18 Å². The normalized spacial score (nSPS) is 10.6. The van der Waals surface area contributed by atoms with Crippen molar-refractivity contribution in [1.29, 1.82) is 0 Å². The summed E-state index contributed by atoms with van der Waals surface area (Å²) in [5.41, 5.74) is 7.88. The van der Waals surface area contributed by atoms with E-state index in [4.69, 9.17) is 5.73 Å². The largest absolute Gasteiger partial charge is 0.384 e. The van der Waals surface area contributed by atoms with Crippen LogP contribution in [0.3, 0.4) is 0 Å². The number of anilines is 2. The highest BCUT2D eigenvalue weighted by Crippen LogP contribution is 2.25. The summed E-state index contributed by atoms with van der Waals surface area (Å²) in [6, 6.07) is 7.70. The Morgan fingerprint density at radius 1 is 1.28 bits per heavy atom. The van der Waals surface area contributed by atoms with Crippen LogP contribution in [-0.2, 0) is 4.79 Å². The molecule has 2 aromatic heterocycles. The van der Waals surface area contributed by atoms with Gasteiger partial charge in [0.05, 0.1) is 11.4 Å². The molecule has 3 aromatic rings. The van der Waals surface area contributed by atoms with E-state index in [1.54, 1.807) is 23.6 Å². The van der Waals surface area contributed by atoms with Crippen molar-refractivity contribution in [2.75, 3.05) is 16.8 Å². The molecule has 3 rings (SSSR count). The molecule has 0 radical (unpaired) electrons. The zero-order valence-corrected chi connectivity index (χ0v) is 14.8. The molecular formula is C16H14FN5OS2. The minimum Gasteiger partial charge on any atom is -0.384 e. The monoisotopic (exact) mass is 375 g/mol. The van der Waals surface area contributed by atoms with Gasteiger partial charge in [-0.3, -0.25) is 4.79 Å². The van der Waals surface area contributed by atoms with Gasteiger partial charge in [-0.1, -0.05) is 11.8 Å².